The lowest BCUT2D eigenvalue weighted by atomic mass is 9.92. The molecule has 0 bridgehead atoms. The van der Waals surface area contributed by atoms with Crippen LogP contribution in [-0.4, -0.2) is 38.7 Å². The minimum atomic E-state index is -0.219. The van der Waals surface area contributed by atoms with Gasteiger partial charge in [0.25, 0.3) is 5.91 Å². The summed E-state index contributed by atoms with van der Waals surface area (Å²) < 4.78 is 7.38. The third-order valence-corrected chi connectivity index (χ3v) is 5.82. The van der Waals surface area contributed by atoms with Crippen LogP contribution in [0.3, 0.4) is 0 Å². The van der Waals surface area contributed by atoms with Crippen LogP contribution in [0.15, 0.2) is 60.8 Å². The van der Waals surface area contributed by atoms with Gasteiger partial charge in [-0.2, -0.15) is 5.10 Å². The molecule has 4 aromatic rings. The quantitative estimate of drug-likeness (QED) is 0.561. The number of ether oxygens (including phenoxy) is 1. The summed E-state index contributed by atoms with van der Waals surface area (Å²) in [6.07, 6.45) is 2.47. The molecule has 1 aliphatic heterocycles. The third-order valence-electron chi connectivity index (χ3n) is 5.82. The van der Waals surface area contributed by atoms with Crippen molar-refractivity contribution in [1.82, 2.24) is 19.7 Å². The molecule has 5 rings (SSSR count). The number of amides is 1. The van der Waals surface area contributed by atoms with Crippen LogP contribution in [0.25, 0.3) is 10.9 Å². The first-order valence-corrected chi connectivity index (χ1v) is 10.3. The Labute approximate surface area is 175 Å². The molecule has 0 unspecified atom stereocenters. The molecule has 2 aromatic heterocycles. The first-order chi connectivity index (χ1) is 14.7. The van der Waals surface area contributed by atoms with Gasteiger partial charge in [0, 0.05) is 36.4 Å². The zero-order chi connectivity index (χ0) is 20.7. The zero-order valence-corrected chi connectivity index (χ0v) is 17.1. The summed E-state index contributed by atoms with van der Waals surface area (Å²) in [4.78, 5) is 19.1. The van der Waals surface area contributed by atoms with Gasteiger partial charge < -0.3 is 14.6 Å². The number of H-pyrrole nitrogens is 1. The fraction of sp³-hybridized carbons (Fsp3) is 0.250. The molecule has 1 amide bonds. The number of benzene rings is 2. The van der Waals surface area contributed by atoms with Gasteiger partial charge in [-0.3, -0.25) is 9.48 Å². The Kier molecular flexibility index (Phi) is 4.54. The monoisotopic (exact) mass is 400 g/mol. The van der Waals surface area contributed by atoms with Crippen LogP contribution < -0.4 is 4.74 Å². The number of aromatic nitrogens is 3. The summed E-state index contributed by atoms with van der Waals surface area (Å²) in [5.74, 6) is 0.789. The van der Waals surface area contributed by atoms with E-state index in [4.69, 9.17) is 4.74 Å². The van der Waals surface area contributed by atoms with Crippen LogP contribution in [0.4, 0.5) is 0 Å². The molecule has 0 aliphatic carbocycles. The van der Waals surface area contributed by atoms with Gasteiger partial charge in [0.15, 0.2) is 0 Å². The Morgan fingerprint density at radius 3 is 2.87 bits per heavy atom. The van der Waals surface area contributed by atoms with E-state index in [2.05, 4.69) is 34.3 Å². The maximum Gasteiger partial charge on any atom is 0.272 e. The van der Waals surface area contributed by atoms with E-state index >= 15 is 0 Å². The van der Waals surface area contributed by atoms with Gasteiger partial charge in [0.2, 0.25) is 0 Å². The summed E-state index contributed by atoms with van der Waals surface area (Å²) in [5, 5.41) is 5.42. The highest BCUT2D eigenvalue weighted by molar-refractivity contribution is 5.94. The summed E-state index contributed by atoms with van der Waals surface area (Å²) in [5.41, 5.74) is 5.07. The highest BCUT2D eigenvalue weighted by Crippen LogP contribution is 2.39. The van der Waals surface area contributed by atoms with Crippen molar-refractivity contribution in [2.24, 2.45) is 7.05 Å². The normalized spacial score (nSPS) is 15.9. The number of nitrogens with one attached hydrogen (secondary N) is 1. The van der Waals surface area contributed by atoms with Crippen molar-refractivity contribution in [1.29, 1.82) is 0 Å². The number of fused-ring (bicyclic) bond motifs is 3. The molecule has 0 saturated carbocycles. The van der Waals surface area contributed by atoms with Crippen LogP contribution in [0.1, 0.15) is 40.3 Å². The lowest BCUT2D eigenvalue weighted by Crippen LogP contribution is -2.41. The van der Waals surface area contributed by atoms with Gasteiger partial charge in [0.05, 0.1) is 12.6 Å². The zero-order valence-electron chi connectivity index (χ0n) is 17.1. The van der Waals surface area contributed by atoms with Crippen LogP contribution >= 0.6 is 0 Å². The Morgan fingerprint density at radius 2 is 2.07 bits per heavy atom. The number of nitrogens with zero attached hydrogens (tertiary/aromatic N) is 3. The van der Waals surface area contributed by atoms with E-state index in [9.17, 15) is 4.79 Å². The van der Waals surface area contributed by atoms with Crippen LogP contribution in [0.2, 0.25) is 0 Å². The average molecular weight is 400 g/mol. The molecule has 6 heteroatoms. The van der Waals surface area contributed by atoms with Crippen molar-refractivity contribution >= 4 is 16.8 Å². The Bertz CT molecular complexity index is 1220. The number of hydrogen-bond acceptors (Lipinski definition) is 3. The van der Waals surface area contributed by atoms with E-state index in [1.807, 2.05) is 36.1 Å². The molecule has 1 atom stereocenters. The van der Waals surface area contributed by atoms with Crippen molar-refractivity contribution in [2.75, 3.05) is 13.2 Å². The fourth-order valence-corrected chi connectivity index (χ4v) is 4.48. The molecule has 1 aliphatic rings. The molecular formula is C24H24N4O2. The molecule has 30 heavy (non-hydrogen) atoms. The highest BCUT2D eigenvalue weighted by atomic mass is 16.5. The van der Waals surface area contributed by atoms with E-state index in [0.29, 0.717) is 18.8 Å². The van der Waals surface area contributed by atoms with Gasteiger partial charge in [0.1, 0.15) is 11.4 Å². The number of carbonyl (C=O) groups is 1. The lowest BCUT2D eigenvalue weighted by Gasteiger charge is -2.36. The second-order valence-electron chi connectivity index (χ2n) is 7.56. The number of aryl methyl sites for hydroxylation is 1. The second-order valence-corrected chi connectivity index (χ2v) is 7.56. The summed E-state index contributed by atoms with van der Waals surface area (Å²) >= 11 is 0. The average Bonchev–Trinajstić information content (AvgIpc) is 3.36. The molecule has 3 heterocycles. The Morgan fingerprint density at radius 1 is 1.20 bits per heavy atom. The van der Waals surface area contributed by atoms with Crippen LogP contribution in [0.5, 0.6) is 5.75 Å². The minimum absolute atomic E-state index is 0.0221. The molecule has 0 fully saturated rings. The molecule has 1 N–H and O–H groups in total. The van der Waals surface area contributed by atoms with Crippen LogP contribution in [-0.2, 0) is 13.5 Å². The predicted molar refractivity (Wildman–Crippen MR) is 116 cm³/mol. The van der Waals surface area contributed by atoms with Crippen molar-refractivity contribution in [3.8, 4) is 5.75 Å². The predicted octanol–water partition coefficient (Wildman–Crippen LogP) is 4.09. The van der Waals surface area contributed by atoms with E-state index in [-0.39, 0.29) is 11.9 Å². The maximum absolute atomic E-state index is 13.5. The van der Waals surface area contributed by atoms with Gasteiger partial charge in [-0.15, -0.1) is 0 Å². The number of carbonyl (C=O) groups excluding carboxylic acids is 1. The maximum atomic E-state index is 13.5. The largest absolute Gasteiger partial charge is 0.494 e. The molecule has 0 saturated heterocycles. The van der Waals surface area contributed by atoms with E-state index in [1.54, 1.807) is 24.0 Å². The molecule has 2 aromatic carbocycles. The minimum Gasteiger partial charge on any atom is -0.494 e. The van der Waals surface area contributed by atoms with Gasteiger partial charge in [-0.05, 0) is 48.7 Å². The van der Waals surface area contributed by atoms with Gasteiger partial charge in [-0.25, -0.2) is 0 Å². The summed E-state index contributed by atoms with van der Waals surface area (Å²) in [7, 11) is 1.80. The smallest absolute Gasteiger partial charge is 0.272 e. The Hall–Kier alpha value is -3.54. The van der Waals surface area contributed by atoms with E-state index < -0.39 is 0 Å². The van der Waals surface area contributed by atoms with E-state index in [0.717, 1.165) is 28.9 Å². The molecule has 0 radical (unpaired) electrons. The number of rotatable bonds is 4. The SMILES string of the molecule is CCOc1cccc([C@H]2c3[nH]c4ccccc4c3CCN2C(=O)c2ccnn2C)c1. The standard InChI is InChI=1S/C24H24N4O2/c1-3-30-17-8-6-7-16(15-17)23-22-19(18-9-4-5-10-20(18)26-22)12-14-28(23)24(29)21-11-13-25-27(21)2/h4-11,13,15,23,26H,3,12,14H2,1-2H3/t23-/m0/s1. The lowest BCUT2D eigenvalue weighted by molar-refractivity contribution is 0.0680. The fourth-order valence-electron chi connectivity index (χ4n) is 4.48. The Balaban J connectivity index is 1.67. The number of aromatic amines is 1. The van der Waals surface area contributed by atoms with Crippen molar-refractivity contribution in [3.05, 3.63) is 83.3 Å². The number of para-hydroxylation sites is 1. The first kappa shape index (κ1) is 18.5. The second kappa shape index (κ2) is 7.37. The van der Waals surface area contributed by atoms with Gasteiger partial charge in [-0.1, -0.05) is 30.3 Å². The van der Waals surface area contributed by atoms with Crippen molar-refractivity contribution < 1.29 is 9.53 Å². The first-order valence-electron chi connectivity index (χ1n) is 10.3. The molecule has 152 valence electrons. The summed E-state index contributed by atoms with van der Waals surface area (Å²) in [6, 6.07) is 17.9. The molecule has 0 spiro atoms. The molecule has 6 nitrogen and oxygen atoms in total. The van der Waals surface area contributed by atoms with Crippen LogP contribution in [0, 0.1) is 0 Å². The highest BCUT2D eigenvalue weighted by Gasteiger charge is 2.35. The van der Waals surface area contributed by atoms with Crippen molar-refractivity contribution in [3.63, 3.8) is 0 Å². The topological polar surface area (TPSA) is 63.1 Å². The third kappa shape index (κ3) is 2.96. The summed E-state index contributed by atoms with van der Waals surface area (Å²) in [6.45, 7) is 3.22. The molecular weight excluding hydrogens is 376 g/mol. The number of hydrogen-bond donors (Lipinski definition) is 1. The van der Waals surface area contributed by atoms with Crippen molar-refractivity contribution in [2.45, 2.75) is 19.4 Å². The van der Waals surface area contributed by atoms with Gasteiger partial charge >= 0.3 is 0 Å². The van der Waals surface area contributed by atoms with E-state index in [1.165, 1.54) is 10.9 Å².